The SMILES string of the molecule is CC(=O)NC1CCC(Nc2cc(NC3CC3)n3ncc(/C=C4\CC(=O)NC4=O)c3n2)CC1. The second kappa shape index (κ2) is 8.25. The van der Waals surface area contributed by atoms with Crippen LogP contribution in [0.4, 0.5) is 11.6 Å². The van der Waals surface area contributed by atoms with E-state index in [-0.39, 0.29) is 36.2 Å². The third-order valence-corrected chi connectivity index (χ3v) is 6.14. The second-order valence-corrected chi connectivity index (χ2v) is 8.90. The number of nitrogens with zero attached hydrogens (tertiary/aromatic N) is 3. The number of rotatable bonds is 6. The molecule has 0 aromatic carbocycles. The molecule has 2 aromatic heterocycles. The molecule has 3 fully saturated rings. The van der Waals surface area contributed by atoms with Crippen LogP contribution in [0.2, 0.25) is 0 Å². The summed E-state index contributed by atoms with van der Waals surface area (Å²) in [6, 6.07) is 2.92. The summed E-state index contributed by atoms with van der Waals surface area (Å²) >= 11 is 0. The van der Waals surface area contributed by atoms with E-state index in [1.54, 1.807) is 23.7 Å². The number of imide groups is 1. The molecule has 3 heterocycles. The summed E-state index contributed by atoms with van der Waals surface area (Å²) in [5.74, 6) is 0.957. The average molecular weight is 438 g/mol. The molecule has 0 spiro atoms. The lowest BCUT2D eigenvalue weighted by molar-refractivity contribution is -0.124. The summed E-state index contributed by atoms with van der Waals surface area (Å²) < 4.78 is 1.75. The lowest BCUT2D eigenvalue weighted by Gasteiger charge is -2.29. The molecule has 2 aromatic rings. The van der Waals surface area contributed by atoms with Gasteiger partial charge in [-0.2, -0.15) is 9.61 Å². The molecule has 168 valence electrons. The molecule has 0 bridgehead atoms. The van der Waals surface area contributed by atoms with Crippen molar-refractivity contribution in [3.8, 4) is 0 Å². The summed E-state index contributed by atoms with van der Waals surface area (Å²) in [6.07, 6.45) is 9.44. The molecular weight excluding hydrogens is 410 g/mol. The molecule has 3 aliphatic rings. The van der Waals surface area contributed by atoms with E-state index in [1.165, 1.54) is 0 Å². The Labute approximate surface area is 185 Å². The number of anilines is 2. The molecule has 5 rings (SSSR count). The van der Waals surface area contributed by atoms with Crippen LogP contribution >= 0.6 is 0 Å². The van der Waals surface area contributed by atoms with Gasteiger partial charge in [0.2, 0.25) is 11.8 Å². The van der Waals surface area contributed by atoms with E-state index in [2.05, 4.69) is 26.4 Å². The molecule has 2 saturated carbocycles. The molecule has 10 heteroatoms. The number of amides is 3. The Kier molecular flexibility index (Phi) is 5.28. The quantitative estimate of drug-likeness (QED) is 0.399. The lowest BCUT2D eigenvalue weighted by atomic mass is 9.91. The predicted octanol–water partition coefficient (Wildman–Crippen LogP) is 1.59. The van der Waals surface area contributed by atoms with Crippen LogP contribution in [0.1, 0.15) is 57.4 Å². The van der Waals surface area contributed by atoms with E-state index in [0.29, 0.717) is 22.8 Å². The summed E-state index contributed by atoms with van der Waals surface area (Å²) in [6.45, 7) is 1.56. The van der Waals surface area contributed by atoms with Gasteiger partial charge in [-0.15, -0.1) is 0 Å². The molecular formula is C22H27N7O3. The van der Waals surface area contributed by atoms with Gasteiger partial charge in [0.05, 0.1) is 12.6 Å². The van der Waals surface area contributed by atoms with Crippen molar-refractivity contribution < 1.29 is 14.4 Å². The second-order valence-electron chi connectivity index (χ2n) is 8.90. The highest BCUT2D eigenvalue weighted by atomic mass is 16.2. The van der Waals surface area contributed by atoms with Gasteiger partial charge in [-0.05, 0) is 44.6 Å². The van der Waals surface area contributed by atoms with E-state index >= 15 is 0 Å². The highest BCUT2D eigenvalue weighted by Crippen LogP contribution is 2.29. The first-order valence-corrected chi connectivity index (χ1v) is 11.2. The van der Waals surface area contributed by atoms with Crippen molar-refractivity contribution in [2.45, 2.75) is 70.0 Å². The molecule has 2 aliphatic carbocycles. The Morgan fingerprint density at radius 1 is 1.09 bits per heavy atom. The third kappa shape index (κ3) is 4.44. The first kappa shape index (κ1) is 20.5. The molecule has 0 radical (unpaired) electrons. The smallest absolute Gasteiger partial charge is 0.254 e. The highest BCUT2D eigenvalue weighted by Gasteiger charge is 2.27. The maximum Gasteiger partial charge on any atom is 0.254 e. The van der Waals surface area contributed by atoms with Crippen LogP contribution in [0.5, 0.6) is 0 Å². The molecule has 10 nitrogen and oxygen atoms in total. The van der Waals surface area contributed by atoms with Gasteiger partial charge in [0, 0.05) is 42.3 Å². The molecule has 1 aliphatic heterocycles. The van der Waals surface area contributed by atoms with Gasteiger partial charge in [-0.1, -0.05) is 0 Å². The van der Waals surface area contributed by atoms with Gasteiger partial charge in [-0.25, -0.2) is 4.98 Å². The van der Waals surface area contributed by atoms with Crippen LogP contribution in [-0.4, -0.2) is 50.4 Å². The van der Waals surface area contributed by atoms with Crippen molar-refractivity contribution in [1.82, 2.24) is 25.2 Å². The Morgan fingerprint density at radius 3 is 2.44 bits per heavy atom. The number of nitrogens with one attached hydrogen (secondary N) is 4. The minimum absolute atomic E-state index is 0.0179. The first-order valence-electron chi connectivity index (χ1n) is 11.2. The lowest BCUT2D eigenvalue weighted by Crippen LogP contribution is -2.39. The van der Waals surface area contributed by atoms with Crippen LogP contribution < -0.4 is 21.3 Å². The zero-order valence-corrected chi connectivity index (χ0v) is 18.0. The van der Waals surface area contributed by atoms with Crippen molar-refractivity contribution in [2.75, 3.05) is 10.6 Å². The molecule has 0 atom stereocenters. The van der Waals surface area contributed by atoms with Crippen LogP contribution in [0, 0.1) is 0 Å². The topological polar surface area (TPSA) is 130 Å². The Morgan fingerprint density at radius 2 is 1.78 bits per heavy atom. The maximum absolute atomic E-state index is 12.0. The minimum atomic E-state index is -0.365. The number of hydrogen-bond acceptors (Lipinski definition) is 7. The van der Waals surface area contributed by atoms with Gasteiger partial charge in [0.1, 0.15) is 11.6 Å². The molecule has 0 unspecified atom stereocenters. The summed E-state index contributed by atoms with van der Waals surface area (Å²) in [4.78, 5) is 39.6. The average Bonchev–Trinajstić information content (AvgIpc) is 3.38. The Bertz CT molecular complexity index is 1110. The predicted molar refractivity (Wildman–Crippen MR) is 119 cm³/mol. The van der Waals surface area contributed by atoms with E-state index < -0.39 is 0 Å². The van der Waals surface area contributed by atoms with Crippen molar-refractivity contribution in [3.05, 3.63) is 23.4 Å². The first-order chi connectivity index (χ1) is 15.4. The van der Waals surface area contributed by atoms with E-state index in [1.807, 2.05) is 6.07 Å². The van der Waals surface area contributed by atoms with Crippen LogP contribution in [0.25, 0.3) is 11.7 Å². The molecule has 4 N–H and O–H groups in total. The van der Waals surface area contributed by atoms with Crippen molar-refractivity contribution in [3.63, 3.8) is 0 Å². The fraction of sp³-hybridized carbons (Fsp3) is 0.500. The van der Waals surface area contributed by atoms with E-state index in [4.69, 9.17) is 4.98 Å². The van der Waals surface area contributed by atoms with Gasteiger partial charge in [-0.3, -0.25) is 19.7 Å². The minimum Gasteiger partial charge on any atom is -0.367 e. The van der Waals surface area contributed by atoms with Gasteiger partial charge < -0.3 is 16.0 Å². The van der Waals surface area contributed by atoms with E-state index in [9.17, 15) is 14.4 Å². The van der Waals surface area contributed by atoms with Gasteiger partial charge >= 0.3 is 0 Å². The van der Waals surface area contributed by atoms with Crippen LogP contribution in [0.3, 0.4) is 0 Å². The number of aromatic nitrogens is 3. The van der Waals surface area contributed by atoms with Crippen molar-refractivity contribution in [1.29, 1.82) is 0 Å². The fourth-order valence-electron chi connectivity index (χ4n) is 4.38. The van der Waals surface area contributed by atoms with Gasteiger partial charge in [0.25, 0.3) is 5.91 Å². The van der Waals surface area contributed by atoms with E-state index in [0.717, 1.165) is 50.2 Å². The summed E-state index contributed by atoms with van der Waals surface area (Å²) in [5.41, 5.74) is 1.74. The monoisotopic (exact) mass is 437 g/mol. The maximum atomic E-state index is 12.0. The Hall–Kier alpha value is -3.43. The Balaban J connectivity index is 1.40. The van der Waals surface area contributed by atoms with Crippen molar-refractivity contribution in [2.24, 2.45) is 0 Å². The number of carbonyl (C=O) groups excluding carboxylic acids is 3. The normalized spacial score (nSPS) is 24.6. The molecule has 3 amide bonds. The zero-order chi connectivity index (χ0) is 22.2. The molecule has 32 heavy (non-hydrogen) atoms. The largest absolute Gasteiger partial charge is 0.367 e. The number of carbonyl (C=O) groups is 3. The fourth-order valence-corrected chi connectivity index (χ4v) is 4.38. The third-order valence-electron chi connectivity index (χ3n) is 6.14. The zero-order valence-electron chi connectivity index (χ0n) is 18.0. The summed E-state index contributed by atoms with van der Waals surface area (Å²) in [5, 5.41) is 16.8. The standard InChI is InChI=1S/C22H27N7O3/c1-12(30)24-15-2-4-16(5-3-15)25-18-10-19(26-17-6-7-17)29-21(27-18)14(11-23-29)8-13-9-20(31)28-22(13)32/h8,10-11,15-17,26H,2-7,9H2,1H3,(H,24,30)(H,25,27)(H,28,31,32)/b13-8+. The molecule has 1 saturated heterocycles. The van der Waals surface area contributed by atoms with Crippen molar-refractivity contribution >= 4 is 41.1 Å². The van der Waals surface area contributed by atoms with Gasteiger partial charge in [0.15, 0.2) is 5.65 Å². The number of fused-ring (bicyclic) bond motifs is 1. The number of hydrogen-bond donors (Lipinski definition) is 4. The van der Waals surface area contributed by atoms with Crippen LogP contribution in [-0.2, 0) is 14.4 Å². The highest BCUT2D eigenvalue weighted by molar-refractivity contribution is 6.15. The van der Waals surface area contributed by atoms with Crippen LogP contribution in [0.15, 0.2) is 17.8 Å². The summed E-state index contributed by atoms with van der Waals surface area (Å²) in [7, 11) is 0.